The highest BCUT2D eigenvalue weighted by Crippen LogP contribution is 2.09. The number of nitrogens with zero attached hydrogens (tertiary/aromatic N) is 1. The molecule has 0 N–H and O–H groups in total. The summed E-state index contributed by atoms with van der Waals surface area (Å²) in [4.78, 5) is 4.08. The van der Waals surface area contributed by atoms with E-state index in [4.69, 9.17) is 9.47 Å². The normalized spacial score (nSPS) is 19.7. The van der Waals surface area contributed by atoms with Crippen LogP contribution in [0.3, 0.4) is 0 Å². The zero-order valence-electron chi connectivity index (χ0n) is 7.01. The quantitative estimate of drug-likeness (QED) is 0.609. The van der Waals surface area contributed by atoms with Crippen LogP contribution in [0.15, 0.2) is 53.6 Å². The molecular formula is C10H9NO2. The van der Waals surface area contributed by atoms with E-state index in [1.54, 1.807) is 18.7 Å². The molecule has 2 heterocycles. The molecule has 0 spiro atoms. The Hall–Kier alpha value is -1.77. The van der Waals surface area contributed by atoms with Crippen LogP contribution in [0.5, 0.6) is 0 Å². The van der Waals surface area contributed by atoms with E-state index in [9.17, 15) is 0 Å². The fourth-order valence-electron chi connectivity index (χ4n) is 1.01. The molecule has 13 heavy (non-hydrogen) atoms. The molecule has 2 aliphatic rings. The topological polar surface area (TPSA) is 30.8 Å². The van der Waals surface area contributed by atoms with Gasteiger partial charge in [0.15, 0.2) is 0 Å². The lowest BCUT2D eigenvalue weighted by Gasteiger charge is -2.09. The van der Waals surface area contributed by atoms with E-state index in [0.717, 1.165) is 5.57 Å². The summed E-state index contributed by atoms with van der Waals surface area (Å²) in [7, 11) is 0. The summed E-state index contributed by atoms with van der Waals surface area (Å²) in [6.45, 7) is 0.567. The van der Waals surface area contributed by atoms with Crippen LogP contribution < -0.4 is 0 Å². The first-order valence-electron chi connectivity index (χ1n) is 4.01. The largest absolute Gasteiger partial charge is 0.473 e. The van der Waals surface area contributed by atoms with E-state index in [-0.39, 0.29) is 0 Å². The van der Waals surface area contributed by atoms with Crippen molar-refractivity contribution in [1.29, 1.82) is 0 Å². The Kier molecular flexibility index (Phi) is 2.27. The van der Waals surface area contributed by atoms with Crippen molar-refractivity contribution in [2.75, 3.05) is 6.61 Å². The standard InChI is InChI=1S/C10H9NO2/c1-2-6-12-8-9(4-1)10-11-5-3-7-13-10/h1-6,8H,7H2. The highest BCUT2D eigenvalue weighted by Gasteiger charge is 2.07. The molecule has 0 aromatic carbocycles. The van der Waals surface area contributed by atoms with Gasteiger partial charge in [0.25, 0.3) is 0 Å². The number of hydrogen-bond donors (Lipinski definition) is 0. The predicted octanol–water partition coefficient (Wildman–Crippen LogP) is 1.91. The summed E-state index contributed by atoms with van der Waals surface area (Å²) in [6.07, 6.45) is 12.4. The van der Waals surface area contributed by atoms with Crippen molar-refractivity contribution in [1.82, 2.24) is 0 Å². The second-order valence-corrected chi connectivity index (χ2v) is 2.53. The van der Waals surface area contributed by atoms with Crippen molar-refractivity contribution in [2.45, 2.75) is 0 Å². The lowest BCUT2D eigenvalue weighted by Crippen LogP contribution is -2.09. The molecule has 0 aromatic heterocycles. The Morgan fingerprint density at radius 2 is 2.31 bits per heavy atom. The first-order chi connectivity index (χ1) is 6.47. The van der Waals surface area contributed by atoms with Crippen LogP contribution in [-0.4, -0.2) is 12.5 Å². The number of aliphatic imine (C=N–C) groups is 1. The summed E-state index contributed by atoms with van der Waals surface area (Å²) in [5.74, 6) is 0.599. The lowest BCUT2D eigenvalue weighted by molar-refractivity contribution is 0.342. The van der Waals surface area contributed by atoms with Crippen molar-refractivity contribution in [2.24, 2.45) is 4.99 Å². The van der Waals surface area contributed by atoms with Crippen molar-refractivity contribution in [3.63, 3.8) is 0 Å². The molecule has 0 bridgehead atoms. The average Bonchev–Trinajstić information content (AvgIpc) is 2.47. The fraction of sp³-hybridized carbons (Fsp3) is 0.100. The monoisotopic (exact) mass is 175 g/mol. The van der Waals surface area contributed by atoms with Crippen LogP contribution in [0.4, 0.5) is 0 Å². The van der Waals surface area contributed by atoms with Crippen LogP contribution in [0.25, 0.3) is 0 Å². The Labute approximate surface area is 76.4 Å². The Morgan fingerprint density at radius 1 is 1.31 bits per heavy atom. The average molecular weight is 175 g/mol. The second-order valence-electron chi connectivity index (χ2n) is 2.53. The van der Waals surface area contributed by atoms with Gasteiger partial charge in [-0.1, -0.05) is 6.08 Å². The predicted molar refractivity (Wildman–Crippen MR) is 50.0 cm³/mol. The molecule has 3 nitrogen and oxygen atoms in total. The van der Waals surface area contributed by atoms with Gasteiger partial charge in [-0.25, -0.2) is 4.99 Å². The van der Waals surface area contributed by atoms with E-state index >= 15 is 0 Å². The van der Waals surface area contributed by atoms with Crippen molar-refractivity contribution in [3.05, 3.63) is 48.6 Å². The first-order valence-corrected chi connectivity index (χ1v) is 4.01. The van der Waals surface area contributed by atoms with Crippen LogP contribution >= 0.6 is 0 Å². The van der Waals surface area contributed by atoms with Gasteiger partial charge in [-0.05, 0) is 18.2 Å². The molecule has 0 saturated carbocycles. The van der Waals surface area contributed by atoms with Gasteiger partial charge in [0, 0.05) is 6.20 Å². The minimum Gasteiger partial charge on any atom is -0.473 e. The minimum absolute atomic E-state index is 0.567. The van der Waals surface area contributed by atoms with Crippen molar-refractivity contribution >= 4 is 5.90 Å². The maximum Gasteiger partial charge on any atom is 0.224 e. The van der Waals surface area contributed by atoms with Crippen molar-refractivity contribution < 1.29 is 9.47 Å². The molecule has 0 fully saturated rings. The smallest absolute Gasteiger partial charge is 0.224 e. The van der Waals surface area contributed by atoms with E-state index in [2.05, 4.69) is 4.99 Å². The summed E-state index contributed by atoms with van der Waals surface area (Å²) in [5.41, 5.74) is 0.842. The molecule has 66 valence electrons. The molecule has 0 aliphatic carbocycles. The molecule has 2 aliphatic heterocycles. The summed E-state index contributed by atoms with van der Waals surface area (Å²) < 4.78 is 10.4. The fourth-order valence-corrected chi connectivity index (χ4v) is 1.01. The van der Waals surface area contributed by atoms with Gasteiger partial charge in [0.2, 0.25) is 5.90 Å². The first kappa shape index (κ1) is 7.86. The summed E-state index contributed by atoms with van der Waals surface area (Å²) in [5, 5.41) is 0. The van der Waals surface area contributed by atoms with Gasteiger partial charge in [-0.3, -0.25) is 0 Å². The molecule has 0 atom stereocenters. The molecule has 0 aromatic rings. The molecule has 0 unspecified atom stereocenters. The zero-order valence-corrected chi connectivity index (χ0v) is 7.01. The third kappa shape index (κ3) is 1.87. The van der Waals surface area contributed by atoms with E-state index in [1.807, 2.05) is 24.3 Å². The molecular weight excluding hydrogens is 166 g/mol. The number of hydrogen-bond acceptors (Lipinski definition) is 3. The summed E-state index contributed by atoms with van der Waals surface area (Å²) >= 11 is 0. The summed E-state index contributed by atoms with van der Waals surface area (Å²) in [6, 6.07) is 0. The highest BCUT2D eigenvalue weighted by atomic mass is 16.5. The van der Waals surface area contributed by atoms with Crippen LogP contribution in [0, 0.1) is 0 Å². The number of rotatable bonds is 1. The highest BCUT2D eigenvalue weighted by molar-refractivity contribution is 5.96. The van der Waals surface area contributed by atoms with Gasteiger partial charge in [-0.2, -0.15) is 0 Å². The molecule has 0 amide bonds. The number of allylic oxidation sites excluding steroid dienone is 2. The Morgan fingerprint density at radius 3 is 3.15 bits per heavy atom. The van der Waals surface area contributed by atoms with Crippen LogP contribution in [0.2, 0.25) is 0 Å². The molecule has 3 heteroatoms. The van der Waals surface area contributed by atoms with Gasteiger partial charge < -0.3 is 9.47 Å². The van der Waals surface area contributed by atoms with Gasteiger partial charge in [-0.15, -0.1) is 0 Å². The Balaban J connectivity index is 2.20. The molecule has 0 saturated heterocycles. The lowest BCUT2D eigenvalue weighted by atomic mass is 10.2. The number of ether oxygens (including phenoxy) is 2. The van der Waals surface area contributed by atoms with Gasteiger partial charge in [0.1, 0.15) is 12.9 Å². The third-order valence-electron chi connectivity index (χ3n) is 1.60. The van der Waals surface area contributed by atoms with Crippen LogP contribution in [0.1, 0.15) is 0 Å². The van der Waals surface area contributed by atoms with E-state index in [0.29, 0.717) is 12.5 Å². The van der Waals surface area contributed by atoms with Gasteiger partial charge >= 0.3 is 0 Å². The maximum absolute atomic E-state index is 5.31. The van der Waals surface area contributed by atoms with Crippen molar-refractivity contribution in [3.8, 4) is 0 Å². The maximum atomic E-state index is 5.31. The second kappa shape index (κ2) is 3.76. The molecule has 2 rings (SSSR count). The zero-order chi connectivity index (χ0) is 8.93. The van der Waals surface area contributed by atoms with Crippen LogP contribution in [-0.2, 0) is 9.47 Å². The van der Waals surface area contributed by atoms with Gasteiger partial charge in [0.05, 0.1) is 11.8 Å². The Bertz CT molecular complexity index is 335. The third-order valence-corrected chi connectivity index (χ3v) is 1.60. The SMILES string of the molecule is C1=COC=C(C2=NC=CCO2)C=C1. The minimum atomic E-state index is 0.567. The van der Waals surface area contributed by atoms with E-state index in [1.165, 1.54) is 0 Å². The van der Waals surface area contributed by atoms with E-state index < -0.39 is 0 Å². The molecule has 0 radical (unpaired) electrons.